The first-order chi connectivity index (χ1) is 10.5. The van der Waals surface area contributed by atoms with Crippen LogP contribution in [0.15, 0.2) is 18.3 Å². The van der Waals surface area contributed by atoms with E-state index < -0.39 is 5.60 Å². The Kier molecular flexibility index (Phi) is 6.60. The molecule has 1 aromatic rings. The highest BCUT2D eigenvalue weighted by atomic mass is 16.6. The van der Waals surface area contributed by atoms with E-state index in [0.29, 0.717) is 11.8 Å². The van der Waals surface area contributed by atoms with Crippen LogP contribution in [0.3, 0.4) is 0 Å². The number of hydrogen-bond acceptors (Lipinski definition) is 3. The van der Waals surface area contributed by atoms with Gasteiger partial charge in [-0.1, -0.05) is 26.8 Å². The summed E-state index contributed by atoms with van der Waals surface area (Å²) in [7, 11) is 1.81. The van der Waals surface area contributed by atoms with Crippen molar-refractivity contribution >= 4 is 6.09 Å². The third-order valence-electron chi connectivity index (χ3n) is 4.13. The summed E-state index contributed by atoms with van der Waals surface area (Å²) in [5.41, 5.74) is 1.94. The Morgan fingerprint density at radius 2 is 1.87 bits per heavy atom. The maximum Gasteiger partial charge on any atom is 0.410 e. The van der Waals surface area contributed by atoms with Crippen LogP contribution in [-0.4, -0.2) is 34.7 Å². The Balaban J connectivity index is 2.78. The number of aromatic nitrogens is 1. The SMILES string of the molecule is CC(C)c1ncccc1C[C@H](C)[C@H](C)N(C)C(=O)OC(C)(C)C. The van der Waals surface area contributed by atoms with Crippen LogP contribution in [0.25, 0.3) is 0 Å². The quantitative estimate of drug-likeness (QED) is 0.793. The molecule has 0 bridgehead atoms. The molecule has 1 heterocycles. The molecule has 1 aromatic heterocycles. The molecule has 0 aliphatic rings. The third-order valence-corrected chi connectivity index (χ3v) is 4.13. The first kappa shape index (κ1) is 19.5. The van der Waals surface area contributed by atoms with Crippen molar-refractivity contribution in [3.63, 3.8) is 0 Å². The second-order valence-corrected chi connectivity index (χ2v) is 7.72. The molecule has 0 fully saturated rings. The summed E-state index contributed by atoms with van der Waals surface area (Å²) >= 11 is 0. The summed E-state index contributed by atoms with van der Waals surface area (Å²) in [6.07, 6.45) is 2.47. The summed E-state index contributed by atoms with van der Waals surface area (Å²) in [6, 6.07) is 4.21. The lowest BCUT2D eigenvalue weighted by Gasteiger charge is -2.32. The largest absolute Gasteiger partial charge is 0.444 e. The smallest absolute Gasteiger partial charge is 0.410 e. The molecular weight excluding hydrogens is 288 g/mol. The number of nitrogens with zero attached hydrogens (tertiary/aromatic N) is 2. The van der Waals surface area contributed by atoms with Crippen LogP contribution in [-0.2, 0) is 11.2 Å². The van der Waals surface area contributed by atoms with E-state index in [2.05, 4.69) is 38.7 Å². The fraction of sp³-hybridized carbons (Fsp3) is 0.684. The second kappa shape index (κ2) is 7.80. The fourth-order valence-electron chi connectivity index (χ4n) is 2.54. The molecule has 0 radical (unpaired) electrons. The van der Waals surface area contributed by atoms with Crippen LogP contribution >= 0.6 is 0 Å². The lowest BCUT2D eigenvalue weighted by Crippen LogP contribution is -2.42. The van der Waals surface area contributed by atoms with E-state index in [1.165, 1.54) is 5.56 Å². The summed E-state index contributed by atoms with van der Waals surface area (Å²) < 4.78 is 5.46. The van der Waals surface area contributed by atoms with Gasteiger partial charge in [-0.05, 0) is 57.6 Å². The van der Waals surface area contributed by atoms with Crippen LogP contribution in [0, 0.1) is 5.92 Å². The van der Waals surface area contributed by atoms with E-state index in [4.69, 9.17) is 4.74 Å². The van der Waals surface area contributed by atoms with Crippen molar-refractivity contribution in [2.75, 3.05) is 7.05 Å². The molecule has 0 N–H and O–H groups in total. The van der Waals surface area contributed by atoms with Crippen molar-refractivity contribution in [1.82, 2.24) is 9.88 Å². The van der Waals surface area contributed by atoms with Gasteiger partial charge in [-0.25, -0.2) is 4.79 Å². The van der Waals surface area contributed by atoms with Crippen LogP contribution in [0.2, 0.25) is 0 Å². The maximum atomic E-state index is 12.2. The molecule has 4 nitrogen and oxygen atoms in total. The number of amides is 1. The predicted molar refractivity (Wildman–Crippen MR) is 94.7 cm³/mol. The number of ether oxygens (including phenoxy) is 1. The summed E-state index contributed by atoms with van der Waals surface area (Å²) in [4.78, 5) is 18.4. The van der Waals surface area contributed by atoms with Gasteiger partial charge in [0.1, 0.15) is 5.60 Å². The van der Waals surface area contributed by atoms with Crippen LogP contribution in [0.4, 0.5) is 4.79 Å². The predicted octanol–water partition coefficient (Wildman–Crippen LogP) is 4.64. The van der Waals surface area contributed by atoms with Crippen LogP contribution in [0.5, 0.6) is 0 Å². The molecule has 0 aliphatic carbocycles. The number of carbonyl (C=O) groups is 1. The average molecular weight is 320 g/mol. The Morgan fingerprint density at radius 3 is 2.39 bits per heavy atom. The van der Waals surface area contributed by atoms with E-state index in [0.717, 1.165) is 12.1 Å². The van der Waals surface area contributed by atoms with Crippen molar-refractivity contribution in [3.05, 3.63) is 29.6 Å². The molecule has 130 valence electrons. The number of hydrogen-bond donors (Lipinski definition) is 0. The van der Waals surface area contributed by atoms with E-state index in [1.807, 2.05) is 40.1 Å². The number of carbonyl (C=O) groups excluding carboxylic acids is 1. The maximum absolute atomic E-state index is 12.2. The van der Waals surface area contributed by atoms with Crippen LogP contribution in [0.1, 0.15) is 65.6 Å². The minimum absolute atomic E-state index is 0.0880. The molecule has 0 aromatic carbocycles. The second-order valence-electron chi connectivity index (χ2n) is 7.72. The molecule has 1 amide bonds. The van der Waals surface area contributed by atoms with Crippen molar-refractivity contribution in [2.24, 2.45) is 5.92 Å². The summed E-state index contributed by atoms with van der Waals surface area (Å²) in [6.45, 7) is 14.2. The standard InChI is InChI=1S/C19H32N2O2/c1-13(2)17-16(10-9-11-20-17)12-14(3)15(4)21(8)18(22)23-19(5,6)7/h9-11,13-15H,12H2,1-8H3/t14-,15-/m0/s1. The Morgan fingerprint density at radius 1 is 1.26 bits per heavy atom. The number of pyridine rings is 1. The topological polar surface area (TPSA) is 42.4 Å². The van der Waals surface area contributed by atoms with E-state index in [-0.39, 0.29) is 12.1 Å². The van der Waals surface area contributed by atoms with Crippen molar-refractivity contribution < 1.29 is 9.53 Å². The van der Waals surface area contributed by atoms with Gasteiger partial charge in [-0.15, -0.1) is 0 Å². The Hall–Kier alpha value is -1.58. The van der Waals surface area contributed by atoms with Gasteiger partial charge in [0, 0.05) is 25.0 Å². The van der Waals surface area contributed by atoms with E-state index in [1.54, 1.807) is 4.90 Å². The molecule has 0 spiro atoms. The molecule has 0 unspecified atom stereocenters. The molecule has 1 rings (SSSR count). The Bertz CT molecular complexity index is 520. The zero-order chi connectivity index (χ0) is 17.8. The monoisotopic (exact) mass is 320 g/mol. The van der Waals surface area contributed by atoms with Crippen molar-refractivity contribution in [2.45, 2.75) is 72.4 Å². The van der Waals surface area contributed by atoms with Gasteiger partial charge in [-0.2, -0.15) is 0 Å². The third kappa shape index (κ3) is 5.85. The lowest BCUT2D eigenvalue weighted by molar-refractivity contribution is 0.0191. The molecule has 2 atom stereocenters. The molecular formula is C19H32N2O2. The fourth-order valence-corrected chi connectivity index (χ4v) is 2.54. The van der Waals surface area contributed by atoms with Gasteiger partial charge in [-0.3, -0.25) is 4.98 Å². The zero-order valence-electron chi connectivity index (χ0n) is 15.9. The van der Waals surface area contributed by atoms with Gasteiger partial charge in [0.15, 0.2) is 0 Å². The van der Waals surface area contributed by atoms with Gasteiger partial charge in [0.25, 0.3) is 0 Å². The summed E-state index contributed by atoms with van der Waals surface area (Å²) in [5.74, 6) is 0.714. The van der Waals surface area contributed by atoms with Crippen molar-refractivity contribution in [1.29, 1.82) is 0 Å². The van der Waals surface area contributed by atoms with E-state index >= 15 is 0 Å². The molecule has 0 saturated heterocycles. The first-order valence-corrected chi connectivity index (χ1v) is 8.42. The van der Waals surface area contributed by atoms with Crippen LogP contribution < -0.4 is 0 Å². The highest BCUT2D eigenvalue weighted by molar-refractivity contribution is 5.68. The average Bonchev–Trinajstić information content (AvgIpc) is 2.44. The molecule has 4 heteroatoms. The van der Waals surface area contributed by atoms with Gasteiger partial charge >= 0.3 is 6.09 Å². The van der Waals surface area contributed by atoms with Gasteiger partial charge < -0.3 is 9.64 Å². The molecule has 23 heavy (non-hydrogen) atoms. The molecule has 0 saturated carbocycles. The van der Waals surface area contributed by atoms with Crippen molar-refractivity contribution in [3.8, 4) is 0 Å². The van der Waals surface area contributed by atoms with Gasteiger partial charge in [0.2, 0.25) is 0 Å². The first-order valence-electron chi connectivity index (χ1n) is 8.42. The normalized spacial score (nSPS) is 14.5. The molecule has 0 aliphatic heterocycles. The Labute approximate surface area is 141 Å². The highest BCUT2D eigenvalue weighted by Gasteiger charge is 2.26. The van der Waals surface area contributed by atoms with Gasteiger partial charge in [0.05, 0.1) is 0 Å². The zero-order valence-corrected chi connectivity index (χ0v) is 15.9. The minimum atomic E-state index is -0.470. The highest BCUT2D eigenvalue weighted by Crippen LogP contribution is 2.23. The summed E-state index contributed by atoms with van der Waals surface area (Å²) in [5, 5.41) is 0. The number of rotatable bonds is 5. The minimum Gasteiger partial charge on any atom is -0.444 e. The lowest BCUT2D eigenvalue weighted by atomic mass is 9.91. The van der Waals surface area contributed by atoms with E-state index in [9.17, 15) is 4.79 Å².